The van der Waals surface area contributed by atoms with Gasteiger partial charge in [-0.1, -0.05) is 13.0 Å². The van der Waals surface area contributed by atoms with Gasteiger partial charge in [-0.25, -0.2) is 4.39 Å². The molecule has 1 aromatic carbocycles. The average molecular weight is 332 g/mol. The van der Waals surface area contributed by atoms with Crippen LogP contribution in [0.1, 0.15) is 24.2 Å². The molecule has 1 aliphatic heterocycles. The Labute approximate surface area is 119 Å². The fourth-order valence-electron chi connectivity index (χ4n) is 2.04. The van der Waals surface area contributed by atoms with E-state index in [9.17, 15) is 9.18 Å². The van der Waals surface area contributed by atoms with Crippen molar-refractivity contribution >= 4 is 33.6 Å². The zero-order valence-corrected chi connectivity index (χ0v) is 12.7. The van der Waals surface area contributed by atoms with Gasteiger partial charge in [0.05, 0.1) is 10.0 Å². The van der Waals surface area contributed by atoms with E-state index in [2.05, 4.69) is 22.9 Å². The summed E-state index contributed by atoms with van der Waals surface area (Å²) in [6.07, 6.45) is 0. The van der Waals surface area contributed by atoms with Crippen LogP contribution in [-0.4, -0.2) is 34.4 Å². The Kier molecular flexibility index (Phi) is 4.33. The smallest absolute Gasteiger partial charge is 0.257 e. The third kappa shape index (κ3) is 2.57. The molecule has 5 heteroatoms. The van der Waals surface area contributed by atoms with Gasteiger partial charge in [0.25, 0.3) is 5.91 Å². The molecule has 0 aliphatic carbocycles. The summed E-state index contributed by atoms with van der Waals surface area (Å²) in [5, 5.41) is 0.387. The van der Waals surface area contributed by atoms with Crippen LogP contribution in [0.5, 0.6) is 0 Å². The molecular weight excluding hydrogens is 317 g/mol. The third-order valence-corrected chi connectivity index (χ3v) is 5.28. The van der Waals surface area contributed by atoms with Crippen molar-refractivity contribution in [3.8, 4) is 0 Å². The number of amides is 1. The number of carbonyl (C=O) groups is 1. The number of hydrogen-bond donors (Lipinski definition) is 0. The predicted molar refractivity (Wildman–Crippen MR) is 76.5 cm³/mol. The molecule has 0 spiro atoms. The van der Waals surface area contributed by atoms with Crippen LogP contribution in [0, 0.1) is 5.82 Å². The molecule has 1 aliphatic rings. The Hall–Kier alpha value is -0.550. The normalized spacial score (nSPS) is 24.1. The van der Waals surface area contributed by atoms with Crippen molar-refractivity contribution in [2.75, 3.05) is 12.3 Å². The van der Waals surface area contributed by atoms with E-state index in [0.29, 0.717) is 16.3 Å². The molecule has 2 nitrogen and oxygen atoms in total. The second-order valence-electron chi connectivity index (χ2n) is 4.42. The van der Waals surface area contributed by atoms with Crippen LogP contribution < -0.4 is 0 Å². The van der Waals surface area contributed by atoms with E-state index in [4.69, 9.17) is 0 Å². The molecule has 98 valence electrons. The highest BCUT2D eigenvalue weighted by molar-refractivity contribution is 9.10. The van der Waals surface area contributed by atoms with Crippen molar-refractivity contribution in [2.45, 2.75) is 25.1 Å². The van der Waals surface area contributed by atoms with Crippen molar-refractivity contribution in [3.05, 3.63) is 34.1 Å². The van der Waals surface area contributed by atoms with E-state index in [-0.39, 0.29) is 17.5 Å². The van der Waals surface area contributed by atoms with Gasteiger partial charge in [0.2, 0.25) is 0 Å². The van der Waals surface area contributed by atoms with Gasteiger partial charge in [0.1, 0.15) is 5.82 Å². The molecule has 2 rings (SSSR count). The van der Waals surface area contributed by atoms with E-state index in [1.165, 1.54) is 0 Å². The lowest BCUT2D eigenvalue weighted by Gasteiger charge is -2.37. The second kappa shape index (κ2) is 5.61. The van der Waals surface area contributed by atoms with Gasteiger partial charge < -0.3 is 4.90 Å². The predicted octanol–water partition coefficient (Wildman–Crippen LogP) is 3.55. The number of rotatable bonds is 1. The summed E-state index contributed by atoms with van der Waals surface area (Å²) in [6.45, 7) is 4.80. The molecule has 2 unspecified atom stereocenters. The average Bonchev–Trinajstić information content (AvgIpc) is 2.35. The van der Waals surface area contributed by atoms with Gasteiger partial charge in [-0.05, 0) is 35.0 Å². The molecule has 1 saturated heterocycles. The van der Waals surface area contributed by atoms with Crippen molar-refractivity contribution in [1.82, 2.24) is 4.90 Å². The van der Waals surface area contributed by atoms with Gasteiger partial charge in [0, 0.05) is 23.6 Å². The molecule has 0 saturated carbocycles. The van der Waals surface area contributed by atoms with Gasteiger partial charge in [-0.15, -0.1) is 0 Å². The van der Waals surface area contributed by atoms with Crippen LogP contribution in [0.3, 0.4) is 0 Å². The van der Waals surface area contributed by atoms with Crippen LogP contribution in [0.4, 0.5) is 4.39 Å². The summed E-state index contributed by atoms with van der Waals surface area (Å²) in [6, 6.07) is 4.97. The number of benzene rings is 1. The maximum absolute atomic E-state index is 13.9. The maximum Gasteiger partial charge on any atom is 0.257 e. The minimum Gasteiger partial charge on any atom is -0.334 e. The lowest BCUT2D eigenvalue weighted by molar-refractivity contribution is 0.0693. The standard InChI is InChI=1S/C13H15BrFNOS/c1-8-9(2)18-7-6-16(8)13(17)10-4-3-5-11(14)12(10)15/h3-5,8-9H,6-7H2,1-2H3. The Bertz CT molecular complexity index is 468. The Morgan fingerprint density at radius 1 is 1.50 bits per heavy atom. The minimum atomic E-state index is -0.472. The van der Waals surface area contributed by atoms with Crippen molar-refractivity contribution in [2.24, 2.45) is 0 Å². The summed E-state index contributed by atoms with van der Waals surface area (Å²) in [5.74, 6) is 0.224. The summed E-state index contributed by atoms with van der Waals surface area (Å²) in [5.41, 5.74) is 0.148. The molecule has 1 amide bonds. The van der Waals surface area contributed by atoms with E-state index >= 15 is 0 Å². The Morgan fingerprint density at radius 2 is 2.22 bits per heavy atom. The van der Waals surface area contributed by atoms with E-state index in [1.807, 2.05) is 18.7 Å². The third-order valence-electron chi connectivity index (χ3n) is 3.33. The minimum absolute atomic E-state index is 0.134. The SMILES string of the molecule is CC1SCCN(C(=O)c2cccc(Br)c2F)C1C. The van der Waals surface area contributed by atoms with Crippen molar-refractivity contribution in [1.29, 1.82) is 0 Å². The number of hydrogen-bond acceptors (Lipinski definition) is 2. The van der Waals surface area contributed by atoms with Crippen molar-refractivity contribution in [3.63, 3.8) is 0 Å². The van der Waals surface area contributed by atoms with Gasteiger partial charge in [0.15, 0.2) is 0 Å². The molecule has 1 heterocycles. The van der Waals surface area contributed by atoms with Gasteiger partial charge >= 0.3 is 0 Å². The second-order valence-corrected chi connectivity index (χ2v) is 6.76. The Morgan fingerprint density at radius 3 is 2.94 bits per heavy atom. The molecule has 0 N–H and O–H groups in total. The maximum atomic E-state index is 13.9. The number of thioether (sulfide) groups is 1. The number of nitrogens with zero attached hydrogens (tertiary/aromatic N) is 1. The zero-order valence-electron chi connectivity index (χ0n) is 10.3. The van der Waals surface area contributed by atoms with E-state index < -0.39 is 5.82 Å². The fraction of sp³-hybridized carbons (Fsp3) is 0.462. The molecule has 1 aromatic rings. The molecule has 0 aromatic heterocycles. The molecule has 0 bridgehead atoms. The first-order chi connectivity index (χ1) is 8.52. The first kappa shape index (κ1) is 13.9. The van der Waals surface area contributed by atoms with Crippen molar-refractivity contribution < 1.29 is 9.18 Å². The first-order valence-corrected chi connectivity index (χ1v) is 7.73. The van der Waals surface area contributed by atoms with Crippen LogP contribution in [0.25, 0.3) is 0 Å². The van der Waals surface area contributed by atoms with E-state index in [0.717, 1.165) is 5.75 Å². The number of halogens is 2. The summed E-state index contributed by atoms with van der Waals surface area (Å²) < 4.78 is 14.3. The lowest BCUT2D eigenvalue weighted by atomic mass is 10.1. The van der Waals surface area contributed by atoms with Crippen LogP contribution in [0.2, 0.25) is 0 Å². The largest absolute Gasteiger partial charge is 0.334 e. The highest BCUT2D eigenvalue weighted by Crippen LogP contribution is 2.27. The lowest BCUT2D eigenvalue weighted by Crippen LogP contribution is -2.48. The summed E-state index contributed by atoms with van der Waals surface area (Å²) in [4.78, 5) is 14.2. The highest BCUT2D eigenvalue weighted by atomic mass is 79.9. The van der Waals surface area contributed by atoms with Crippen LogP contribution in [0.15, 0.2) is 22.7 Å². The van der Waals surface area contributed by atoms with E-state index in [1.54, 1.807) is 23.1 Å². The van der Waals surface area contributed by atoms with Crippen LogP contribution in [-0.2, 0) is 0 Å². The quantitative estimate of drug-likeness (QED) is 0.784. The molecule has 2 atom stereocenters. The summed E-state index contributed by atoms with van der Waals surface area (Å²) in [7, 11) is 0. The molecule has 18 heavy (non-hydrogen) atoms. The van der Waals surface area contributed by atoms with Crippen LogP contribution >= 0.6 is 27.7 Å². The summed E-state index contributed by atoms with van der Waals surface area (Å²) >= 11 is 4.97. The topological polar surface area (TPSA) is 20.3 Å². The molecule has 1 fully saturated rings. The monoisotopic (exact) mass is 331 g/mol. The highest BCUT2D eigenvalue weighted by Gasteiger charge is 2.30. The zero-order chi connectivity index (χ0) is 13.3. The molecule has 0 radical (unpaired) electrons. The number of carbonyl (C=O) groups excluding carboxylic acids is 1. The van der Waals surface area contributed by atoms with Gasteiger partial charge in [-0.2, -0.15) is 11.8 Å². The Balaban J connectivity index is 2.28. The molecular formula is C13H15BrFNOS. The first-order valence-electron chi connectivity index (χ1n) is 5.89. The fourth-order valence-corrected chi connectivity index (χ4v) is 3.51. The van der Waals surface area contributed by atoms with Gasteiger partial charge in [-0.3, -0.25) is 4.79 Å².